The second-order valence-electron chi connectivity index (χ2n) is 3.39. The maximum Gasteiger partial charge on any atom is 0.184 e. The molecule has 92 valence electrons. The summed E-state index contributed by atoms with van der Waals surface area (Å²) in [6, 6.07) is 5.68. The largest absolute Gasteiger partial charge is 0.493 e. The summed E-state index contributed by atoms with van der Waals surface area (Å²) in [6.45, 7) is 1.88. The van der Waals surface area contributed by atoms with Crippen LogP contribution in [-0.2, 0) is 5.33 Å². The van der Waals surface area contributed by atoms with Gasteiger partial charge in [0.1, 0.15) is 6.07 Å². The lowest BCUT2D eigenvalue weighted by molar-refractivity contribution is 0.239. The number of methoxy groups -OCH3 is 1. The first-order valence-corrected chi connectivity index (χ1v) is 6.64. The quantitative estimate of drug-likeness (QED) is 0.773. The molecule has 0 saturated heterocycles. The van der Waals surface area contributed by atoms with Gasteiger partial charge in [-0.2, -0.15) is 5.26 Å². The first-order chi connectivity index (χ1) is 8.15. The summed E-state index contributed by atoms with van der Waals surface area (Å²) in [4.78, 5) is 0. The van der Waals surface area contributed by atoms with Gasteiger partial charge in [-0.1, -0.05) is 34.5 Å². The van der Waals surface area contributed by atoms with E-state index in [0.717, 1.165) is 5.56 Å². The van der Waals surface area contributed by atoms with E-state index < -0.39 is 6.10 Å². The van der Waals surface area contributed by atoms with Gasteiger partial charge in [-0.15, -0.1) is 0 Å². The maximum absolute atomic E-state index is 8.88. The highest BCUT2D eigenvalue weighted by molar-refractivity contribution is 9.08. The number of hydrogen-bond acceptors (Lipinski definition) is 3. The van der Waals surface area contributed by atoms with Crippen molar-refractivity contribution in [1.29, 1.82) is 5.26 Å². The van der Waals surface area contributed by atoms with Crippen molar-refractivity contribution >= 4 is 27.5 Å². The van der Waals surface area contributed by atoms with Crippen LogP contribution in [0.1, 0.15) is 18.9 Å². The smallest absolute Gasteiger partial charge is 0.184 e. The van der Waals surface area contributed by atoms with E-state index in [1.54, 1.807) is 13.2 Å². The van der Waals surface area contributed by atoms with E-state index in [9.17, 15) is 0 Å². The Labute approximate surface area is 114 Å². The molecule has 0 amide bonds. The molecular weight excluding hydrogens is 305 g/mol. The highest BCUT2D eigenvalue weighted by Crippen LogP contribution is 2.37. The summed E-state index contributed by atoms with van der Waals surface area (Å²) in [5.74, 6) is 0.966. The lowest BCUT2D eigenvalue weighted by Crippen LogP contribution is -2.13. The predicted octanol–water partition coefficient (Wildman–Crippen LogP) is 3.92. The van der Waals surface area contributed by atoms with Crippen molar-refractivity contribution in [3.8, 4) is 17.6 Å². The van der Waals surface area contributed by atoms with Crippen LogP contribution in [0.15, 0.2) is 12.1 Å². The van der Waals surface area contributed by atoms with Crippen molar-refractivity contribution in [3.63, 3.8) is 0 Å². The Kier molecular flexibility index (Phi) is 5.60. The predicted molar refractivity (Wildman–Crippen MR) is 71.0 cm³/mol. The molecule has 0 aliphatic rings. The molecule has 0 aliphatic carbocycles. The first kappa shape index (κ1) is 14.1. The van der Waals surface area contributed by atoms with Gasteiger partial charge < -0.3 is 9.47 Å². The molecule has 1 rings (SSSR count). The summed E-state index contributed by atoms with van der Waals surface area (Å²) >= 11 is 9.47. The lowest BCUT2D eigenvalue weighted by atomic mass is 10.2. The fourth-order valence-corrected chi connectivity index (χ4v) is 1.91. The Hall–Kier alpha value is -0.920. The zero-order valence-corrected chi connectivity index (χ0v) is 12.0. The molecule has 0 radical (unpaired) electrons. The number of hydrogen-bond donors (Lipinski definition) is 0. The minimum absolute atomic E-state index is 0.423. The molecule has 1 atom stereocenters. The maximum atomic E-state index is 8.88. The van der Waals surface area contributed by atoms with E-state index >= 15 is 0 Å². The van der Waals surface area contributed by atoms with Crippen molar-refractivity contribution in [2.24, 2.45) is 0 Å². The van der Waals surface area contributed by atoms with Crippen molar-refractivity contribution in [2.75, 3.05) is 7.11 Å². The van der Waals surface area contributed by atoms with E-state index in [-0.39, 0.29) is 0 Å². The molecule has 5 heteroatoms. The first-order valence-electron chi connectivity index (χ1n) is 5.14. The van der Waals surface area contributed by atoms with E-state index in [4.69, 9.17) is 26.3 Å². The zero-order valence-electron chi connectivity index (χ0n) is 9.67. The third kappa shape index (κ3) is 3.52. The van der Waals surface area contributed by atoms with E-state index in [2.05, 4.69) is 22.0 Å². The third-order valence-electron chi connectivity index (χ3n) is 2.22. The van der Waals surface area contributed by atoms with Crippen LogP contribution >= 0.6 is 27.5 Å². The summed E-state index contributed by atoms with van der Waals surface area (Å²) in [5.41, 5.74) is 0.990. The molecule has 1 aromatic carbocycles. The van der Waals surface area contributed by atoms with E-state index in [0.29, 0.717) is 28.3 Å². The molecule has 0 bridgehead atoms. The number of nitriles is 1. The normalized spacial score (nSPS) is 11.7. The number of rotatable bonds is 5. The van der Waals surface area contributed by atoms with Crippen LogP contribution in [0.4, 0.5) is 0 Å². The second-order valence-corrected chi connectivity index (χ2v) is 4.35. The Morgan fingerprint density at radius 1 is 1.53 bits per heavy atom. The summed E-state index contributed by atoms with van der Waals surface area (Å²) in [5, 5.41) is 10.0. The highest BCUT2D eigenvalue weighted by atomic mass is 79.9. The van der Waals surface area contributed by atoms with Gasteiger partial charge in [-0.25, -0.2) is 0 Å². The number of benzene rings is 1. The van der Waals surface area contributed by atoms with Crippen molar-refractivity contribution in [2.45, 2.75) is 24.8 Å². The molecule has 0 heterocycles. The molecule has 3 nitrogen and oxygen atoms in total. The number of halogens is 2. The van der Waals surface area contributed by atoms with Gasteiger partial charge in [0.2, 0.25) is 0 Å². The van der Waals surface area contributed by atoms with Gasteiger partial charge in [0.25, 0.3) is 0 Å². The highest BCUT2D eigenvalue weighted by Gasteiger charge is 2.15. The van der Waals surface area contributed by atoms with Crippen LogP contribution in [0.5, 0.6) is 11.5 Å². The van der Waals surface area contributed by atoms with Crippen LogP contribution in [0.25, 0.3) is 0 Å². The monoisotopic (exact) mass is 317 g/mol. The summed E-state index contributed by atoms with van der Waals surface area (Å²) in [7, 11) is 1.55. The van der Waals surface area contributed by atoms with Crippen molar-refractivity contribution in [1.82, 2.24) is 0 Å². The Balaban J connectivity index is 3.10. The lowest BCUT2D eigenvalue weighted by Gasteiger charge is -2.16. The van der Waals surface area contributed by atoms with Gasteiger partial charge in [-0.05, 0) is 24.1 Å². The Bertz CT molecular complexity index is 431. The minimum Gasteiger partial charge on any atom is -0.493 e. The van der Waals surface area contributed by atoms with Crippen LogP contribution in [0.3, 0.4) is 0 Å². The van der Waals surface area contributed by atoms with Gasteiger partial charge in [0.05, 0.1) is 12.1 Å². The molecule has 0 saturated carbocycles. The second kappa shape index (κ2) is 6.73. The molecule has 1 unspecified atom stereocenters. The fraction of sp³-hybridized carbons (Fsp3) is 0.417. The molecular formula is C12H13BrClNO2. The molecule has 17 heavy (non-hydrogen) atoms. The number of alkyl halides is 1. The fourth-order valence-electron chi connectivity index (χ4n) is 1.31. The average Bonchev–Trinajstić information content (AvgIpc) is 2.36. The van der Waals surface area contributed by atoms with Crippen molar-refractivity contribution in [3.05, 3.63) is 22.7 Å². The van der Waals surface area contributed by atoms with Crippen LogP contribution in [-0.4, -0.2) is 13.2 Å². The average molecular weight is 319 g/mol. The molecule has 0 N–H and O–H groups in total. The Morgan fingerprint density at radius 2 is 2.24 bits per heavy atom. The van der Waals surface area contributed by atoms with Crippen LogP contribution in [0.2, 0.25) is 5.02 Å². The Morgan fingerprint density at radius 3 is 2.71 bits per heavy atom. The van der Waals surface area contributed by atoms with Gasteiger partial charge in [-0.3, -0.25) is 0 Å². The van der Waals surface area contributed by atoms with Crippen LogP contribution in [0, 0.1) is 11.3 Å². The van der Waals surface area contributed by atoms with Gasteiger partial charge in [0.15, 0.2) is 17.6 Å². The van der Waals surface area contributed by atoms with Crippen LogP contribution < -0.4 is 9.47 Å². The van der Waals surface area contributed by atoms with E-state index in [1.807, 2.05) is 13.0 Å². The molecule has 1 aromatic rings. The number of nitrogens with zero attached hydrogens (tertiary/aromatic N) is 1. The third-order valence-corrected chi connectivity index (χ3v) is 3.15. The topological polar surface area (TPSA) is 42.2 Å². The number of ether oxygens (including phenoxy) is 2. The molecule has 0 aromatic heterocycles. The molecule has 0 fully saturated rings. The zero-order chi connectivity index (χ0) is 12.8. The SMILES string of the molecule is CCC(C#N)Oc1c(Cl)cc(CBr)cc1OC. The summed E-state index contributed by atoms with van der Waals surface area (Å²) in [6.07, 6.45) is 0.0760. The standard InChI is InChI=1S/C12H13BrClNO2/c1-3-9(7-15)17-12-10(14)4-8(6-13)5-11(12)16-2/h4-5,9H,3,6H2,1-2H3. The van der Waals surface area contributed by atoms with Gasteiger partial charge in [0, 0.05) is 5.33 Å². The molecule has 0 spiro atoms. The summed E-state index contributed by atoms with van der Waals surface area (Å²) < 4.78 is 10.8. The molecule has 0 aliphatic heterocycles. The van der Waals surface area contributed by atoms with Gasteiger partial charge >= 0.3 is 0 Å². The van der Waals surface area contributed by atoms with E-state index in [1.165, 1.54) is 0 Å². The minimum atomic E-state index is -0.517. The van der Waals surface area contributed by atoms with Crippen molar-refractivity contribution < 1.29 is 9.47 Å².